The molecule has 0 aromatic heterocycles. The van der Waals surface area contributed by atoms with E-state index in [1.165, 1.54) is 30.0 Å². The third-order valence-electron chi connectivity index (χ3n) is 2.88. The van der Waals surface area contributed by atoms with Crippen molar-refractivity contribution in [1.29, 1.82) is 0 Å². The largest absolute Gasteiger partial charge is 0.481 e. The summed E-state index contributed by atoms with van der Waals surface area (Å²) in [7, 11) is 0. The second kappa shape index (κ2) is 6.03. The number of nitrogens with zero attached hydrogens (tertiary/aromatic N) is 1. The zero-order chi connectivity index (χ0) is 15.5. The number of amides is 1. The molecule has 0 aliphatic rings. The van der Waals surface area contributed by atoms with Crippen LogP contribution in [0.1, 0.15) is 27.7 Å². The molecular formula is C15H20FNO3. The molecule has 0 radical (unpaired) electrons. The van der Waals surface area contributed by atoms with Crippen LogP contribution in [0, 0.1) is 17.2 Å². The first-order valence-corrected chi connectivity index (χ1v) is 6.43. The van der Waals surface area contributed by atoms with Gasteiger partial charge in [0.05, 0.1) is 5.92 Å². The zero-order valence-corrected chi connectivity index (χ0v) is 12.2. The van der Waals surface area contributed by atoms with Crippen LogP contribution in [-0.4, -0.2) is 23.5 Å². The predicted molar refractivity (Wildman–Crippen MR) is 75.0 cm³/mol. The first-order valence-electron chi connectivity index (χ1n) is 6.43. The zero-order valence-electron chi connectivity index (χ0n) is 12.2. The highest BCUT2D eigenvalue weighted by Crippen LogP contribution is 2.25. The summed E-state index contributed by atoms with van der Waals surface area (Å²) in [6.07, 6.45) is 0. The second-order valence-electron chi connectivity index (χ2n) is 5.88. The number of carboxylic acid groups (broad SMARTS) is 1. The summed E-state index contributed by atoms with van der Waals surface area (Å²) in [5.41, 5.74) is -0.303. The van der Waals surface area contributed by atoms with E-state index in [0.29, 0.717) is 5.69 Å². The topological polar surface area (TPSA) is 57.6 Å². The Morgan fingerprint density at radius 2 is 1.95 bits per heavy atom. The molecule has 0 saturated carbocycles. The van der Waals surface area contributed by atoms with Crippen LogP contribution in [0.4, 0.5) is 10.1 Å². The Balaban J connectivity index is 3.14. The number of benzene rings is 1. The number of rotatable bonds is 4. The number of carboxylic acids is 1. The van der Waals surface area contributed by atoms with E-state index in [0.717, 1.165) is 0 Å². The van der Waals surface area contributed by atoms with Gasteiger partial charge in [-0.1, -0.05) is 33.8 Å². The van der Waals surface area contributed by atoms with Gasteiger partial charge < -0.3 is 10.0 Å². The average Bonchev–Trinajstić information content (AvgIpc) is 2.33. The van der Waals surface area contributed by atoms with Crippen LogP contribution in [0.3, 0.4) is 0 Å². The summed E-state index contributed by atoms with van der Waals surface area (Å²) < 4.78 is 13.3. The SMILES string of the molecule is CC(CN(C(=O)C(C)(C)C)c1cccc(F)c1)C(=O)O. The summed E-state index contributed by atoms with van der Waals surface area (Å²) >= 11 is 0. The lowest BCUT2D eigenvalue weighted by atomic mass is 9.93. The molecule has 1 aromatic rings. The first kappa shape index (κ1) is 16.1. The van der Waals surface area contributed by atoms with Crippen LogP contribution in [-0.2, 0) is 9.59 Å². The summed E-state index contributed by atoms with van der Waals surface area (Å²) in [6, 6.07) is 5.61. The molecule has 0 fully saturated rings. The van der Waals surface area contributed by atoms with Crippen molar-refractivity contribution in [2.75, 3.05) is 11.4 Å². The number of halogens is 1. The third-order valence-corrected chi connectivity index (χ3v) is 2.88. The highest BCUT2D eigenvalue weighted by atomic mass is 19.1. The van der Waals surface area contributed by atoms with Gasteiger partial charge in [0.25, 0.3) is 0 Å². The molecule has 1 amide bonds. The summed E-state index contributed by atoms with van der Waals surface area (Å²) in [5, 5.41) is 9.00. The Kier molecular flexibility index (Phi) is 4.87. The molecule has 0 saturated heterocycles. The normalized spacial score (nSPS) is 12.8. The highest BCUT2D eigenvalue weighted by Gasteiger charge is 2.30. The van der Waals surface area contributed by atoms with Crippen LogP contribution >= 0.6 is 0 Å². The summed E-state index contributed by atoms with van der Waals surface area (Å²) in [5.74, 6) is -2.42. The monoisotopic (exact) mass is 281 g/mol. The van der Waals surface area contributed by atoms with Gasteiger partial charge in [0.1, 0.15) is 5.82 Å². The van der Waals surface area contributed by atoms with E-state index in [9.17, 15) is 14.0 Å². The molecule has 1 atom stereocenters. The maximum Gasteiger partial charge on any atom is 0.308 e. The van der Waals surface area contributed by atoms with Gasteiger partial charge in [-0.25, -0.2) is 4.39 Å². The Morgan fingerprint density at radius 1 is 1.35 bits per heavy atom. The van der Waals surface area contributed by atoms with Crippen LogP contribution < -0.4 is 4.90 Å². The van der Waals surface area contributed by atoms with E-state index in [4.69, 9.17) is 5.11 Å². The van der Waals surface area contributed by atoms with Gasteiger partial charge in [-0.15, -0.1) is 0 Å². The van der Waals surface area contributed by atoms with E-state index < -0.39 is 23.1 Å². The van der Waals surface area contributed by atoms with Crippen molar-refractivity contribution >= 4 is 17.6 Å². The fourth-order valence-corrected chi connectivity index (χ4v) is 1.71. The number of aliphatic carboxylic acids is 1. The lowest BCUT2D eigenvalue weighted by Crippen LogP contribution is -2.43. The summed E-state index contributed by atoms with van der Waals surface area (Å²) in [6.45, 7) is 6.76. The Morgan fingerprint density at radius 3 is 2.40 bits per heavy atom. The van der Waals surface area contributed by atoms with E-state index in [1.807, 2.05) is 0 Å². The van der Waals surface area contributed by atoms with Gasteiger partial charge in [-0.2, -0.15) is 0 Å². The van der Waals surface area contributed by atoms with Gasteiger partial charge in [0.2, 0.25) is 5.91 Å². The van der Waals surface area contributed by atoms with E-state index in [1.54, 1.807) is 26.8 Å². The number of carbonyl (C=O) groups is 2. The Hall–Kier alpha value is -1.91. The van der Waals surface area contributed by atoms with Crippen LogP contribution in [0.25, 0.3) is 0 Å². The molecule has 0 aliphatic heterocycles. The van der Waals surface area contributed by atoms with Crippen molar-refractivity contribution in [3.05, 3.63) is 30.1 Å². The molecule has 1 aromatic carbocycles. The van der Waals surface area contributed by atoms with Gasteiger partial charge >= 0.3 is 5.97 Å². The molecule has 20 heavy (non-hydrogen) atoms. The molecule has 0 bridgehead atoms. The second-order valence-corrected chi connectivity index (χ2v) is 5.88. The standard InChI is InChI=1S/C15H20FNO3/c1-10(13(18)19)9-17(14(20)15(2,3)4)12-7-5-6-11(16)8-12/h5-8,10H,9H2,1-4H3,(H,18,19). The van der Waals surface area contributed by atoms with E-state index in [2.05, 4.69) is 0 Å². The molecule has 1 rings (SSSR count). The lowest BCUT2D eigenvalue weighted by molar-refractivity contribution is -0.140. The number of carbonyl (C=O) groups excluding carboxylic acids is 1. The molecule has 0 spiro atoms. The van der Waals surface area contributed by atoms with Crippen molar-refractivity contribution < 1.29 is 19.1 Å². The number of anilines is 1. The van der Waals surface area contributed by atoms with Gasteiger partial charge in [0, 0.05) is 17.6 Å². The van der Waals surface area contributed by atoms with Crippen LogP contribution in [0.2, 0.25) is 0 Å². The average molecular weight is 281 g/mol. The third kappa shape index (κ3) is 4.05. The smallest absolute Gasteiger partial charge is 0.308 e. The predicted octanol–water partition coefficient (Wildman–Crippen LogP) is 2.93. The Bertz CT molecular complexity index is 508. The summed E-state index contributed by atoms with van der Waals surface area (Å²) in [4.78, 5) is 24.8. The van der Waals surface area contributed by atoms with Crippen molar-refractivity contribution in [1.82, 2.24) is 0 Å². The molecule has 5 heteroatoms. The number of hydrogen-bond donors (Lipinski definition) is 1. The minimum atomic E-state index is -0.992. The highest BCUT2D eigenvalue weighted by molar-refractivity contribution is 5.97. The molecule has 1 unspecified atom stereocenters. The van der Waals surface area contributed by atoms with E-state index in [-0.39, 0.29) is 12.5 Å². The maximum atomic E-state index is 13.3. The molecule has 0 aliphatic carbocycles. The van der Waals surface area contributed by atoms with Crippen molar-refractivity contribution in [3.8, 4) is 0 Å². The molecule has 0 heterocycles. The Labute approximate surface area is 118 Å². The quantitative estimate of drug-likeness (QED) is 0.923. The fourth-order valence-electron chi connectivity index (χ4n) is 1.71. The lowest BCUT2D eigenvalue weighted by Gasteiger charge is -2.30. The molecule has 4 nitrogen and oxygen atoms in total. The van der Waals surface area contributed by atoms with Gasteiger partial charge in [-0.05, 0) is 18.2 Å². The number of hydrogen-bond acceptors (Lipinski definition) is 2. The molecular weight excluding hydrogens is 261 g/mol. The van der Waals surface area contributed by atoms with Crippen molar-refractivity contribution in [2.45, 2.75) is 27.7 Å². The minimum absolute atomic E-state index is 0.00882. The van der Waals surface area contributed by atoms with Crippen LogP contribution in [0.15, 0.2) is 24.3 Å². The van der Waals surface area contributed by atoms with Crippen LogP contribution in [0.5, 0.6) is 0 Å². The fraction of sp³-hybridized carbons (Fsp3) is 0.467. The minimum Gasteiger partial charge on any atom is -0.481 e. The molecule has 110 valence electrons. The maximum absolute atomic E-state index is 13.3. The molecule has 1 N–H and O–H groups in total. The van der Waals surface area contributed by atoms with Gasteiger partial charge in [0.15, 0.2) is 0 Å². The van der Waals surface area contributed by atoms with Crippen molar-refractivity contribution in [3.63, 3.8) is 0 Å². The van der Waals surface area contributed by atoms with Crippen molar-refractivity contribution in [2.24, 2.45) is 11.3 Å². The van der Waals surface area contributed by atoms with E-state index >= 15 is 0 Å². The first-order chi connectivity index (χ1) is 9.12. The van der Waals surface area contributed by atoms with Gasteiger partial charge in [-0.3, -0.25) is 9.59 Å².